The molecule has 0 bridgehead atoms. The molecule has 3 nitrogen and oxygen atoms in total. The van der Waals surface area contributed by atoms with Gasteiger partial charge in [0.1, 0.15) is 0 Å². The molecule has 2 aromatic carbocycles. The van der Waals surface area contributed by atoms with Gasteiger partial charge in [0, 0.05) is 4.47 Å². The number of allylic oxidation sites excluding steroid dienone is 1. The van der Waals surface area contributed by atoms with Crippen LogP contribution in [0.2, 0.25) is 5.02 Å². The van der Waals surface area contributed by atoms with E-state index in [9.17, 15) is 8.42 Å². The van der Waals surface area contributed by atoms with Crippen molar-refractivity contribution in [2.24, 2.45) is 0 Å². The number of hydrogen-bond acceptors (Lipinski definition) is 3. The van der Waals surface area contributed by atoms with Gasteiger partial charge in [0.05, 0.1) is 27.9 Å². The molecule has 0 aliphatic heterocycles. The molecule has 29 heavy (non-hydrogen) atoms. The lowest BCUT2D eigenvalue weighted by atomic mass is 10.2. The van der Waals surface area contributed by atoms with Crippen LogP contribution in [0.1, 0.15) is 45.6 Å². The van der Waals surface area contributed by atoms with Gasteiger partial charge in [-0.2, -0.15) is 0 Å². The topological polar surface area (TPSA) is 43.4 Å². The molecule has 1 aliphatic carbocycles. The normalized spacial score (nSPS) is 18.1. The van der Waals surface area contributed by atoms with Crippen molar-refractivity contribution in [3.05, 3.63) is 76.2 Å². The molecule has 1 aliphatic rings. The van der Waals surface area contributed by atoms with Crippen LogP contribution in [0.15, 0.2) is 70.6 Å². The van der Waals surface area contributed by atoms with Gasteiger partial charge in [0.25, 0.3) is 0 Å². The maximum absolute atomic E-state index is 12.8. The summed E-state index contributed by atoms with van der Waals surface area (Å²) in [6, 6.07) is 14.6. The Morgan fingerprint density at radius 1 is 1.14 bits per heavy atom. The summed E-state index contributed by atoms with van der Waals surface area (Å²) in [6.07, 6.45) is 3.60. The number of ether oxygens (including phenoxy) is 1. The lowest BCUT2D eigenvalue weighted by Crippen LogP contribution is -2.20. The molecule has 0 aromatic heterocycles. The van der Waals surface area contributed by atoms with E-state index in [1.165, 1.54) is 0 Å². The number of rotatable bonds is 5. The molecule has 160 valence electrons. The monoisotopic (exact) mass is 500 g/mol. The summed E-state index contributed by atoms with van der Waals surface area (Å²) in [5.41, 5.74) is 1.08. The highest BCUT2D eigenvalue weighted by Crippen LogP contribution is 2.34. The molecule has 1 fully saturated rings. The van der Waals surface area contributed by atoms with Gasteiger partial charge in [-0.05, 0) is 56.0 Å². The van der Waals surface area contributed by atoms with E-state index in [1.807, 2.05) is 45.0 Å². The lowest BCUT2D eigenvalue weighted by Gasteiger charge is -2.14. The van der Waals surface area contributed by atoms with Gasteiger partial charge in [0.15, 0.2) is 9.84 Å². The Morgan fingerprint density at radius 2 is 1.72 bits per heavy atom. The van der Waals surface area contributed by atoms with Crippen molar-refractivity contribution in [2.75, 3.05) is 0 Å². The van der Waals surface area contributed by atoms with Crippen molar-refractivity contribution in [3.63, 3.8) is 0 Å². The summed E-state index contributed by atoms with van der Waals surface area (Å²) >= 11 is 9.47. The van der Waals surface area contributed by atoms with E-state index in [-0.39, 0.29) is 16.0 Å². The molecule has 0 spiro atoms. The van der Waals surface area contributed by atoms with Crippen molar-refractivity contribution in [2.45, 2.75) is 62.9 Å². The first-order valence-corrected chi connectivity index (χ1v) is 12.5. The zero-order valence-electron chi connectivity index (χ0n) is 17.3. The first-order valence-electron chi connectivity index (χ1n) is 9.80. The molecular weight excluding hydrogens is 472 g/mol. The second-order valence-electron chi connectivity index (χ2n) is 6.38. The summed E-state index contributed by atoms with van der Waals surface area (Å²) in [6.45, 7) is 9.75. The Labute approximate surface area is 189 Å². The lowest BCUT2D eigenvalue weighted by molar-refractivity contribution is 0.0458. The Morgan fingerprint density at radius 3 is 2.31 bits per heavy atom. The number of benzene rings is 2. The second-order valence-corrected chi connectivity index (χ2v) is 9.90. The molecule has 3 rings (SSSR count). The van der Waals surface area contributed by atoms with Crippen LogP contribution in [-0.4, -0.2) is 19.8 Å². The summed E-state index contributed by atoms with van der Waals surface area (Å²) in [7, 11) is -3.41. The minimum absolute atomic E-state index is 0.0316. The van der Waals surface area contributed by atoms with E-state index >= 15 is 0 Å². The van der Waals surface area contributed by atoms with Gasteiger partial charge in [-0.3, -0.25) is 0 Å². The van der Waals surface area contributed by atoms with Crippen molar-refractivity contribution < 1.29 is 13.2 Å². The average molecular weight is 502 g/mol. The van der Waals surface area contributed by atoms with Crippen LogP contribution in [0.5, 0.6) is 0 Å². The molecule has 1 saturated carbocycles. The van der Waals surface area contributed by atoms with Crippen LogP contribution in [0.25, 0.3) is 0 Å². The molecule has 2 aromatic rings. The van der Waals surface area contributed by atoms with E-state index in [0.29, 0.717) is 19.4 Å². The molecule has 0 amide bonds. The van der Waals surface area contributed by atoms with Crippen LogP contribution in [0, 0.1) is 0 Å². The van der Waals surface area contributed by atoms with Gasteiger partial charge < -0.3 is 4.74 Å². The van der Waals surface area contributed by atoms with Gasteiger partial charge in [-0.25, -0.2) is 8.42 Å². The van der Waals surface area contributed by atoms with Gasteiger partial charge >= 0.3 is 0 Å². The minimum Gasteiger partial charge on any atom is -0.373 e. The predicted molar refractivity (Wildman–Crippen MR) is 126 cm³/mol. The number of hydrogen-bond donors (Lipinski definition) is 0. The van der Waals surface area contributed by atoms with E-state index in [0.717, 1.165) is 16.5 Å². The van der Waals surface area contributed by atoms with Gasteiger partial charge in [-0.1, -0.05) is 71.7 Å². The Hall–Kier alpha value is -1.14. The summed E-state index contributed by atoms with van der Waals surface area (Å²) in [5.74, 6) is 0. The maximum Gasteiger partial charge on any atom is 0.182 e. The highest BCUT2D eigenvalue weighted by atomic mass is 79.9. The number of sulfone groups is 1. The molecule has 0 heterocycles. The Kier molecular flexibility index (Phi) is 11.8. The predicted octanol–water partition coefficient (Wildman–Crippen LogP) is 7.23. The van der Waals surface area contributed by atoms with Crippen LogP contribution in [-0.2, 0) is 21.2 Å². The first-order chi connectivity index (χ1) is 13.9. The highest BCUT2D eigenvalue weighted by molar-refractivity contribution is 9.10. The summed E-state index contributed by atoms with van der Waals surface area (Å²) in [4.78, 5) is 0.227. The van der Waals surface area contributed by atoms with E-state index in [1.54, 1.807) is 30.3 Å². The quantitative estimate of drug-likeness (QED) is 0.406. The third-order valence-corrected chi connectivity index (χ3v) is 7.56. The Balaban J connectivity index is 0.000000771. The molecular formula is C23H30BrClO3S. The van der Waals surface area contributed by atoms with E-state index in [4.69, 9.17) is 16.3 Å². The zero-order valence-corrected chi connectivity index (χ0v) is 20.4. The average Bonchev–Trinajstić information content (AvgIpc) is 3.20. The van der Waals surface area contributed by atoms with Crippen LogP contribution in [0.4, 0.5) is 0 Å². The standard InChI is InChI=1S/C18H18BrClO3S.C3H6.C2H6/c19-14-7-5-13(6-8-14)12-23-15-9-10-16(11-15)24(21,22)18-4-2-1-3-17(18)20;1-3-2;1-2/h1-8,15-16H,9-12H2;3H,1H2,2H3;1-2H3/t15-,16+;;/m0../s1. The second kappa shape index (κ2) is 13.2. The SMILES string of the molecule is C=CC.CC.O=S(=O)(c1ccccc1Cl)[C@@H]1CC[C@H](OCc2ccc(Br)cc2)C1. The fourth-order valence-corrected chi connectivity index (χ4v) is 5.59. The van der Waals surface area contributed by atoms with Crippen LogP contribution in [0.3, 0.4) is 0 Å². The highest BCUT2D eigenvalue weighted by Gasteiger charge is 2.36. The molecule has 0 unspecified atom stereocenters. The van der Waals surface area contributed by atoms with Crippen LogP contribution < -0.4 is 0 Å². The number of halogens is 2. The zero-order chi connectivity index (χ0) is 21.9. The molecule has 2 atom stereocenters. The fraction of sp³-hybridized carbons (Fsp3) is 0.391. The van der Waals surface area contributed by atoms with Crippen molar-refractivity contribution >= 4 is 37.4 Å². The third-order valence-electron chi connectivity index (χ3n) is 4.32. The molecule has 0 radical (unpaired) electrons. The summed E-state index contributed by atoms with van der Waals surface area (Å²) in [5, 5.41) is -0.135. The van der Waals surface area contributed by atoms with Crippen molar-refractivity contribution in [1.82, 2.24) is 0 Å². The van der Waals surface area contributed by atoms with Crippen molar-refractivity contribution in [1.29, 1.82) is 0 Å². The molecule has 0 N–H and O–H groups in total. The molecule has 0 saturated heterocycles. The minimum atomic E-state index is -3.41. The third kappa shape index (κ3) is 7.89. The van der Waals surface area contributed by atoms with E-state index in [2.05, 4.69) is 22.5 Å². The fourth-order valence-electron chi connectivity index (χ4n) is 2.98. The Bertz CT molecular complexity index is 851. The van der Waals surface area contributed by atoms with Crippen LogP contribution >= 0.6 is 27.5 Å². The summed E-state index contributed by atoms with van der Waals surface area (Å²) < 4.78 is 32.5. The first kappa shape index (κ1) is 25.9. The van der Waals surface area contributed by atoms with Gasteiger partial charge in [0.2, 0.25) is 0 Å². The largest absolute Gasteiger partial charge is 0.373 e. The van der Waals surface area contributed by atoms with E-state index < -0.39 is 15.1 Å². The smallest absolute Gasteiger partial charge is 0.182 e. The maximum atomic E-state index is 12.8. The van der Waals surface area contributed by atoms with Crippen molar-refractivity contribution in [3.8, 4) is 0 Å². The molecule has 6 heteroatoms. The van der Waals surface area contributed by atoms with Gasteiger partial charge in [-0.15, -0.1) is 6.58 Å².